The quantitative estimate of drug-likeness (QED) is 0.206. The molecule has 0 atom stereocenters. The van der Waals surface area contributed by atoms with Gasteiger partial charge < -0.3 is 14.8 Å². The molecule has 1 heterocycles. The summed E-state index contributed by atoms with van der Waals surface area (Å²) in [6.45, 7) is 4.81. The van der Waals surface area contributed by atoms with Gasteiger partial charge in [-0.3, -0.25) is 9.69 Å². The Morgan fingerprint density at radius 3 is 2.51 bits per heavy atom. The number of carbonyl (C=O) groups excluding carboxylic acids is 2. The number of amides is 3. The molecule has 3 aromatic carbocycles. The van der Waals surface area contributed by atoms with Gasteiger partial charge >= 0.3 is 6.03 Å². The number of nitrogens with one attached hydrogen (secondary N) is 1. The highest BCUT2D eigenvalue weighted by Crippen LogP contribution is 2.36. The molecule has 3 amide bonds. The minimum absolute atomic E-state index is 0.0513. The van der Waals surface area contributed by atoms with Gasteiger partial charge in [0, 0.05) is 0 Å². The maximum Gasteiger partial charge on any atom is 0.329 e. The van der Waals surface area contributed by atoms with Crippen molar-refractivity contribution in [2.45, 2.75) is 27.0 Å². The molecule has 1 aliphatic rings. The molecule has 0 aliphatic carbocycles. The Balaban J connectivity index is 1.55. The fourth-order valence-electron chi connectivity index (χ4n) is 3.69. The molecule has 35 heavy (non-hydrogen) atoms. The highest BCUT2D eigenvalue weighted by atomic mass is 127. The Bertz CT molecular complexity index is 1290. The van der Waals surface area contributed by atoms with E-state index in [2.05, 4.69) is 34.0 Å². The number of imide groups is 1. The molecule has 4 rings (SSSR count). The smallest absolute Gasteiger partial charge is 0.329 e. The normalized spacial score (nSPS) is 14.4. The number of benzene rings is 3. The summed E-state index contributed by atoms with van der Waals surface area (Å²) in [4.78, 5) is 26.4. The fraction of sp³-hybridized carbons (Fsp3) is 0.185. The van der Waals surface area contributed by atoms with Crippen LogP contribution in [0.1, 0.15) is 29.2 Å². The monoisotopic (exact) mass is 586 g/mol. The Hall–Kier alpha value is -3.40. The standard InChI is InChI=1S/C27H24FIN2O4/c1-3-34-24-14-20(12-22(29)25(24)35-16-19-6-4-5-17(2)11-19)13-23-26(32)31(27(33)30-23)15-18-7-9-21(28)10-8-18/h4-14H,3,15-16H2,1-2H3,(H,30,33)/b23-13+. The summed E-state index contributed by atoms with van der Waals surface area (Å²) in [5.41, 5.74) is 3.70. The van der Waals surface area contributed by atoms with E-state index in [0.717, 1.165) is 19.6 Å². The minimum Gasteiger partial charge on any atom is -0.490 e. The molecule has 180 valence electrons. The third-order valence-corrected chi connectivity index (χ3v) is 6.13. The van der Waals surface area contributed by atoms with Crippen molar-refractivity contribution < 1.29 is 23.5 Å². The number of hydrogen-bond donors (Lipinski definition) is 1. The highest BCUT2D eigenvalue weighted by Gasteiger charge is 2.33. The van der Waals surface area contributed by atoms with E-state index in [-0.39, 0.29) is 18.1 Å². The zero-order chi connectivity index (χ0) is 24.9. The van der Waals surface area contributed by atoms with Crippen LogP contribution in [0.2, 0.25) is 0 Å². The van der Waals surface area contributed by atoms with Gasteiger partial charge in [-0.05, 0) is 83.5 Å². The van der Waals surface area contributed by atoms with Gasteiger partial charge in [0.15, 0.2) is 11.5 Å². The topological polar surface area (TPSA) is 67.9 Å². The van der Waals surface area contributed by atoms with Crippen LogP contribution in [0.4, 0.5) is 9.18 Å². The van der Waals surface area contributed by atoms with Gasteiger partial charge in [-0.2, -0.15) is 0 Å². The van der Waals surface area contributed by atoms with E-state index < -0.39 is 11.9 Å². The van der Waals surface area contributed by atoms with E-state index in [1.165, 1.54) is 12.1 Å². The highest BCUT2D eigenvalue weighted by molar-refractivity contribution is 14.1. The molecule has 3 aromatic rings. The SMILES string of the molecule is CCOc1cc(/C=C2/NC(=O)N(Cc3ccc(F)cc3)C2=O)cc(I)c1OCc1cccc(C)c1. The summed E-state index contributed by atoms with van der Waals surface area (Å²) >= 11 is 2.17. The first-order valence-corrected chi connectivity index (χ1v) is 12.2. The van der Waals surface area contributed by atoms with Crippen LogP contribution in [-0.2, 0) is 17.9 Å². The number of aryl methyl sites for hydroxylation is 1. The van der Waals surface area contributed by atoms with Gasteiger partial charge in [-0.1, -0.05) is 42.0 Å². The Morgan fingerprint density at radius 1 is 1.03 bits per heavy atom. The Morgan fingerprint density at radius 2 is 1.80 bits per heavy atom. The van der Waals surface area contributed by atoms with Gasteiger partial charge in [0.1, 0.15) is 18.1 Å². The summed E-state index contributed by atoms with van der Waals surface area (Å²) in [6, 6.07) is 16.9. The molecular formula is C27H24FIN2O4. The predicted octanol–water partition coefficient (Wildman–Crippen LogP) is 5.81. The van der Waals surface area contributed by atoms with E-state index in [1.807, 2.05) is 38.1 Å². The van der Waals surface area contributed by atoms with E-state index in [9.17, 15) is 14.0 Å². The largest absolute Gasteiger partial charge is 0.490 e. The molecule has 0 unspecified atom stereocenters. The van der Waals surface area contributed by atoms with E-state index >= 15 is 0 Å². The van der Waals surface area contributed by atoms with Crippen molar-refractivity contribution in [3.8, 4) is 11.5 Å². The van der Waals surface area contributed by atoms with Crippen molar-refractivity contribution in [3.63, 3.8) is 0 Å². The first kappa shape index (κ1) is 24.7. The van der Waals surface area contributed by atoms with Crippen LogP contribution in [0.5, 0.6) is 11.5 Å². The van der Waals surface area contributed by atoms with Crippen LogP contribution in [0.15, 0.2) is 66.4 Å². The molecular weight excluding hydrogens is 562 g/mol. The van der Waals surface area contributed by atoms with E-state index in [0.29, 0.717) is 35.8 Å². The molecule has 0 spiro atoms. The predicted molar refractivity (Wildman–Crippen MR) is 139 cm³/mol. The zero-order valence-electron chi connectivity index (χ0n) is 19.3. The molecule has 0 radical (unpaired) electrons. The van der Waals surface area contributed by atoms with E-state index in [1.54, 1.807) is 24.3 Å². The lowest BCUT2D eigenvalue weighted by Crippen LogP contribution is -2.30. The number of urea groups is 1. The van der Waals surface area contributed by atoms with Gasteiger partial charge in [0.25, 0.3) is 5.91 Å². The second kappa shape index (κ2) is 10.9. The average Bonchev–Trinajstić information content (AvgIpc) is 3.07. The van der Waals surface area contributed by atoms with Crippen molar-refractivity contribution >= 4 is 40.6 Å². The molecule has 0 aromatic heterocycles. The maximum absolute atomic E-state index is 13.2. The second-order valence-corrected chi connectivity index (χ2v) is 9.21. The molecule has 6 nitrogen and oxygen atoms in total. The summed E-state index contributed by atoms with van der Waals surface area (Å²) in [7, 11) is 0. The van der Waals surface area contributed by atoms with Crippen molar-refractivity contribution in [1.29, 1.82) is 0 Å². The Kier molecular flexibility index (Phi) is 7.70. The minimum atomic E-state index is -0.525. The van der Waals surface area contributed by atoms with Gasteiger partial charge in [-0.15, -0.1) is 0 Å². The molecule has 8 heteroatoms. The third-order valence-electron chi connectivity index (χ3n) is 5.32. The van der Waals surface area contributed by atoms with Gasteiger partial charge in [0.05, 0.1) is 16.7 Å². The second-order valence-electron chi connectivity index (χ2n) is 8.05. The first-order chi connectivity index (χ1) is 16.8. The molecule has 1 saturated heterocycles. The average molecular weight is 586 g/mol. The molecule has 1 aliphatic heterocycles. The zero-order valence-corrected chi connectivity index (χ0v) is 21.5. The van der Waals surface area contributed by atoms with Gasteiger partial charge in [-0.25, -0.2) is 9.18 Å². The van der Waals surface area contributed by atoms with Crippen molar-refractivity contribution in [2.75, 3.05) is 6.61 Å². The number of ether oxygens (including phenoxy) is 2. The number of nitrogens with zero attached hydrogens (tertiary/aromatic N) is 1. The molecule has 1 fully saturated rings. The maximum atomic E-state index is 13.2. The Labute approximate surface area is 216 Å². The van der Waals surface area contributed by atoms with Gasteiger partial charge in [0.2, 0.25) is 0 Å². The lowest BCUT2D eigenvalue weighted by molar-refractivity contribution is -0.123. The van der Waals surface area contributed by atoms with Crippen LogP contribution >= 0.6 is 22.6 Å². The van der Waals surface area contributed by atoms with Crippen molar-refractivity contribution in [2.24, 2.45) is 0 Å². The molecule has 0 saturated carbocycles. The number of rotatable bonds is 8. The number of hydrogen-bond acceptors (Lipinski definition) is 4. The summed E-state index contributed by atoms with van der Waals surface area (Å²) < 4.78 is 25.9. The van der Waals surface area contributed by atoms with Crippen LogP contribution < -0.4 is 14.8 Å². The molecule has 0 bridgehead atoms. The van der Waals surface area contributed by atoms with Crippen LogP contribution in [-0.4, -0.2) is 23.4 Å². The van der Waals surface area contributed by atoms with Crippen LogP contribution in [0.25, 0.3) is 6.08 Å². The lowest BCUT2D eigenvalue weighted by Gasteiger charge is -2.15. The van der Waals surface area contributed by atoms with Crippen LogP contribution in [0.3, 0.4) is 0 Å². The summed E-state index contributed by atoms with van der Waals surface area (Å²) in [5, 5.41) is 2.62. The fourth-order valence-corrected chi connectivity index (χ4v) is 4.47. The third kappa shape index (κ3) is 6.00. The summed E-state index contributed by atoms with van der Waals surface area (Å²) in [5.74, 6) is 0.347. The van der Waals surface area contributed by atoms with Crippen LogP contribution in [0, 0.1) is 16.3 Å². The molecule has 1 N–H and O–H groups in total. The lowest BCUT2D eigenvalue weighted by atomic mass is 10.1. The first-order valence-electron chi connectivity index (χ1n) is 11.1. The van der Waals surface area contributed by atoms with Crippen molar-refractivity contribution in [3.05, 3.63) is 98.0 Å². The van der Waals surface area contributed by atoms with E-state index in [4.69, 9.17) is 9.47 Å². The number of halogens is 2. The number of carbonyl (C=O) groups is 2. The summed E-state index contributed by atoms with van der Waals surface area (Å²) in [6.07, 6.45) is 1.61. The van der Waals surface area contributed by atoms with Crippen molar-refractivity contribution in [1.82, 2.24) is 10.2 Å².